The van der Waals surface area contributed by atoms with Gasteiger partial charge in [-0.25, -0.2) is 19.9 Å². The second-order valence-electron chi connectivity index (χ2n) is 7.25. The number of hydrogen-bond acceptors (Lipinski definition) is 6. The molecule has 0 atom stereocenters. The molecule has 6 rings (SSSR count). The number of nitrogens with zero attached hydrogens (tertiary/aromatic N) is 6. The zero-order chi connectivity index (χ0) is 20.6. The molecule has 0 fully saturated rings. The van der Waals surface area contributed by atoms with Crippen LogP contribution in [0.3, 0.4) is 0 Å². The number of aryl methyl sites for hydroxylation is 2. The Kier molecular flexibility index (Phi) is 4.58. The van der Waals surface area contributed by atoms with Gasteiger partial charge in [0, 0.05) is 23.8 Å². The van der Waals surface area contributed by atoms with E-state index >= 15 is 0 Å². The fourth-order valence-corrected chi connectivity index (χ4v) is 5.09. The van der Waals surface area contributed by atoms with Gasteiger partial charge in [0.25, 0.3) is 0 Å². The third-order valence-electron chi connectivity index (χ3n) is 5.40. The van der Waals surface area contributed by atoms with Gasteiger partial charge < -0.3 is 9.13 Å². The first-order chi connectivity index (χ1) is 15.4. The van der Waals surface area contributed by atoms with Crippen LogP contribution in [0.2, 0.25) is 0 Å². The van der Waals surface area contributed by atoms with Crippen LogP contribution in [-0.4, -0.2) is 29.1 Å². The number of rotatable bonds is 6. The molecule has 152 valence electrons. The standard InChI is InChI=1S/C23H18N6S2/c1-3-8-20-16(6-1)26-22(18-12-30-14-24-18)28(20)10-5-11-29-21-9-4-2-7-17(21)27-23(29)19-13-31-15-25-19/h1-4,6-9,12-15H,5,10-11H2. The molecule has 31 heavy (non-hydrogen) atoms. The summed E-state index contributed by atoms with van der Waals surface area (Å²) in [7, 11) is 0. The molecule has 0 saturated carbocycles. The molecule has 0 amide bonds. The van der Waals surface area contributed by atoms with Crippen molar-refractivity contribution < 1.29 is 0 Å². The Labute approximate surface area is 186 Å². The van der Waals surface area contributed by atoms with Crippen molar-refractivity contribution in [2.24, 2.45) is 0 Å². The molecule has 4 aromatic heterocycles. The fourth-order valence-electron chi connectivity index (χ4n) is 4.03. The Morgan fingerprint density at radius 2 is 1.13 bits per heavy atom. The van der Waals surface area contributed by atoms with E-state index in [1.165, 1.54) is 0 Å². The number of benzene rings is 2. The number of fused-ring (bicyclic) bond motifs is 2. The topological polar surface area (TPSA) is 61.4 Å². The largest absolute Gasteiger partial charge is 0.323 e. The maximum Gasteiger partial charge on any atom is 0.160 e. The maximum absolute atomic E-state index is 4.86. The Morgan fingerprint density at radius 1 is 0.645 bits per heavy atom. The van der Waals surface area contributed by atoms with Gasteiger partial charge in [-0.3, -0.25) is 0 Å². The number of aromatic nitrogens is 6. The molecule has 8 heteroatoms. The van der Waals surface area contributed by atoms with Gasteiger partial charge in [-0.1, -0.05) is 24.3 Å². The SMILES string of the molecule is c1ccc2c(c1)nc(-c1cscn1)n2CCCn1c(-c2cscn2)nc2ccccc21. The predicted molar refractivity (Wildman–Crippen MR) is 126 cm³/mol. The quantitative estimate of drug-likeness (QED) is 0.331. The smallest absolute Gasteiger partial charge is 0.160 e. The second kappa shape index (κ2) is 7.72. The minimum atomic E-state index is 0.844. The van der Waals surface area contributed by atoms with Crippen LogP contribution in [0.25, 0.3) is 45.1 Å². The lowest BCUT2D eigenvalue weighted by atomic mass is 10.3. The van der Waals surface area contributed by atoms with E-state index in [-0.39, 0.29) is 0 Å². The summed E-state index contributed by atoms with van der Waals surface area (Å²) in [5.74, 6) is 1.86. The van der Waals surface area contributed by atoms with Crippen LogP contribution < -0.4 is 0 Å². The Balaban J connectivity index is 1.35. The maximum atomic E-state index is 4.86. The minimum Gasteiger partial charge on any atom is -0.323 e. The Bertz CT molecular complexity index is 1350. The van der Waals surface area contributed by atoms with Crippen LogP contribution in [0.4, 0.5) is 0 Å². The average Bonchev–Trinajstić information content (AvgIpc) is 3.59. The molecule has 0 spiro atoms. The van der Waals surface area contributed by atoms with Crippen LogP contribution in [0.5, 0.6) is 0 Å². The summed E-state index contributed by atoms with van der Waals surface area (Å²) in [5.41, 5.74) is 9.85. The van der Waals surface area contributed by atoms with E-state index in [0.717, 1.165) is 64.6 Å². The molecule has 0 aliphatic carbocycles. The van der Waals surface area contributed by atoms with Gasteiger partial charge in [0.2, 0.25) is 0 Å². The van der Waals surface area contributed by atoms with Crippen LogP contribution in [0, 0.1) is 0 Å². The van der Waals surface area contributed by atoms with Gasteiger partial charge in [0.05, 0.1) is 33.1 Å². The molecule has 0 aliphatic heterocycles. The van der Waals surface area contributed by atoms with Gasteiger partial charge in [-0.2, -0.15) is 0 Å². The molecule has 0 N–H and O–H groups in total. The summed E-state index contributed by atoms with van der Waals surface area (Å²) in [6.07, 6.45) is 0.939. The summed E-state index contributed by atoms with van der Waals surface area (Å²) in [6.45, 7) is 1.69. The number of hydrogen-bond donors (Lipinski definition) is 0. The van der Waals surface area contributed by atoms with Crippen molar-refractivity contribution in [3.05, 3.63) is 70.3 Å². The lowest BCUT2D eigenvalue weighted by molar-refractivity contribution is 0.585. The first-order valence-corrected chi connectivity index (χ1v) is 11.9. The number of para-hydroxylation sites is 4. The van der Waals surface area contributed by atoms with E-state index in [4.69, 9.17) is 9.97 Å². The zero-order valence-corrected chi connectivity index (χ0v) is 18.2. The van der Waals surface area contributed by atoms with Crippen LogP contribution in [0.1, 0.15) is 6.42 Å². The highest BCUT2D eigenvalue weighted by Crippen LogP contribution is 2.27. The second-order valence-corrected chi connectivity index (χ2v) is 8.69. The molecule has 6 aromatic rings. The van der Waals surface area contributed by atoms with Gasteiger partial charge >= 0.3 is 0 Å². The van der Waals surface area contributed by atoms with E-state index < -0.39 is 0 Å². The van der Waals surface area contributed by atoms with Crippen molar-refractivity contribution in [2.75, 3.05) is 0 Å². The Morgan fingerprint density at radius 3 is 1.58 bits per heavy atom. The molecule has 4 heterocycles. The summed E-state index contributed by atoms with van der Waals surface area (Å²) in [5, 5.41) is 4.11. The van der Waals surface area contributed by atoms with Crippen molar-refractivity contribution in [1.82, 2.24) is 29.1 Å². The molecule has 2 aromatic carbocycles. The highest BCUT2D eigenvalue weighted by atomic mass is 32.1. The third kappa shape index (κ3) is 3.24. The van der Waals surface area contributed by atoms with Crippen molar-refractivity contribution in [2.45, 2.75) is 19.5 Å². The van der Waals surface area contributed by atoms with Crippen molar-refractivity contribution >= 4 is 44.7 Å². The van der Waals surface area contributed by atoms with Gasteiger partial charge in [-0.05, 0) is 30.7 Å². The van der Waals surface area contributed by atoms with Gasteiger partial charge in [0.1, 0.15) is 11.4 Å². The molecule has 0 radical (unpaired) electrons. The monoisotopic (exact) mass is 442 g/mol. The zero-order valence-electron chi connectivity index (χ0n) is 16.5. The summed E-state index contributed by atoms with van der Waals surface area (Å²) in [4.78, 5) is 18.7. The molecule has 0 unspecified atom stereocenters. The molecular formula is C23H18N6S2. The molecule has 0 aliphatic rings. The van der Waals surface area contributed by atoms with E-state index in [1.807, 2.05) is 23.2 Å². The average molecular weight is 443 g/mol. The molecule has 0 bridgehead atoms. The summed E-state index contributed by atoms with van der Waals surface area (Å²) >= 11 is 3.19. The first-order valence-electron chi connectivity index (χ1n) is 10.1. The third-order valence-corrected chi connectivity index (χ3v) is 6.57. The van der Waals surface area contributed by atoms with Crippen LogP contribution in [0.15, 0.2) is 70.3 Å². The lowest BCUT2D eigenvalue weighted by Crippen LogP contribution is -2.07. The van der Waals surface area contributed by atoms with Crippen molar-refractivity contribution in [3.8, 4) is 23.0 Å². The molecule has 0 saturated heterocycles. The predicted octanol–water partition coefficient (Wildman–Crippen LogP) is 5.72. The fraction of sp³-hybridized carbons (Fsp3) is 0.130. The van der Waals surface area contributed by atoms with E-state index in [2.05, 4.69) is 66.3 Å². The Hall–Kier alpha value is -3.36. The van der Waals surface area contributed by atoms with Crippen LogP contribution >= 0.6 is 22.7 Å². The summed E-state index contributed by atoms with van der Waals surface area (Å²) in [6, 6.07) is 16.6. The van der Waals surface area contributed by atoms with E-state index in [9.17, 15) is 0 Å². The number of imidazole rings is 2. The first kappa shape index (κ1) is 18.4. The van der Waals surface area contributed by atoms with Gasteiger partial charge in [0.15, 0.2) is 11.6 Å². The normalized spacial score (nSPS) is 11.6. The number of thiazole rings is 2. The molecular weight excluding hydrogens is 424 g/mol. The summed E-state index contributed by atoms with van der Waals surface area (Å²) < 4.78 is 4.57. The van der Waals surface area contributed by atoms with Crippen molar-refractivity contribution in [3.63, 3.8) is 0 Å². The van der Waals surface area contributed by atoms with Gasteiger partial charge in [-0.15, -0.1) is 22.7 Å². The highest BCUT2D eigenvalue weighted by molar-refractivity contribution is 7.08. The molecule has 6 nitrogen and oxygen atoms in total. The highest BCUT2D eigenvalue weighted by Gasteiger charge is 2.16. The van der Waals surface area contributed by atoms with E-state index in [1.54, 1.807) is 22.7 Å². The minimum absolute atomic E-state index is 0.844. The van der Waals surface area contributed by atoms with Crippen molar-refractivity contribution in [1.29, 1.82) is 0 Å². The lowest BCUT2D eigenvalue weighted by Gasteiger charge is -2.11. The van der Waals surface area contributed by atoms with Crippen LogP contribution in [-0.2, 0) is 13.1 Å². The van der Waals surface area contributed by atoms with E-state index in [0.29, 0.717) is 0 Å².